The molecule has 0 bridgehead atoms. The van der Waals surface area contributed by atoms with E-state index in [1.807, 2.05) is 0 Å². The number of sulfone groups is 1. The first kappa shape index (κ1) is 23.6. The third kappa shape index (κ3) is 4.89. The maximum Gasteiger partial charge on any atom is 0.419 e. The standard InChI is InChI=1S/C19H19F3IN3O4S/c1-5-31(28,29)15-8-23-10-25-16(15)14-7-12-13(6-11(9-24-12)19(20,21)22)26(14)17(27)30-18(2,3)4/h6-10H,5H2,1-4H3. The lowest BCUT2D eigenvalue weighted by molar-refractivity contribution is -0.137. The van der Waals surface area contributed by atoms with Crippen molar-refractivity contribution in [3.8, 4) is 0 Å². The molecule has 3 heterocycles. The highest BCUT2D eigenvalue weighted by molar-refractivity contribution is 14.2. The van der Waals surface area contributed by atoms with Crippen LogP contribution in [0.4, 0.5) is 18.0 Å². The third-order valence-corrected chi connectivity index (χ3v) is 7.89. The largest absolute Gasteiger partial charge is 0.443 e. The average Bonchev–Trinajstić information content (AvgIpc) is 3.04. The molecule has 2 aromatic heterocycles. The zero-order valence-electron chi connectivity index (χ0n) is 17.0. The lowest BCUT2D eigenvalue weighted by atomic mass is 10.2. The SMILES string of the molecule is CCS(=O)(=O)C1=CI=CN=C1c1cc2ncc(C(F)(F)F)cc2n1C(=O)OC(C)(C)C. The molecule has 1 aliphatic rings. The summed E-state index contributed by atoms with van der Waals surface area (Å²) in [5.74, 6) is -0.190. The van der Waals surface area contributed by atoms with E-state index in [2.05, 4.69) is 9.98 Å². The van der Waals surface area contributed by atoms with Gasteiger partial charge in [0.1, 0.15) is 16.2 Å². The van der Waals surface area contributed by atoms with Crippen molar-refractivity contribution in [2.75, 3.05) is 5.75 Å². The van der Waals surface area contributed by atoms with E-state index in [1.54, 1.807) is 29.0 Å². The Bertz CT molecular complexity index is 1250. The summed E-state index contributed by atoms with van der Waals surface area (Å²) in [6.45, 7) is 6.31. The second kappa shape index (κ2) is 8.11. The van der Waals surface area contributed by atoms with Gasteiger partial charge in [-0.15, -0.1) is 0 Å². The summed E-state index contributed by atoms with van der Waals surface area (Å²) in [7, 11) is -3.69. The summed E-state index contributed by atoms with van der Waals surface area (Å²) in [4.78, 5) is 21.0. The molecule has 3 rings (SSSR count). The molecule has 0 aliphatic carbocycles. The number of aromatic nitrogens is 2. The fourth-order valence-corrected chi connectivity index (χ4v) is 6.38. The number of ether oxygens (including phenoxy) is 1. The van der Waals surface area contributed by atoms with Crippen LogP contribution in [0, 0.1) is 0 Å². The van der Waals surface area contributed by atoms with E-state index < -0.39 is 54.0 Å². The van der Waals surface area contributed by atoms with E-state index in [-0.39, 0.29) is 33.1 Å². The molecule has 0 amide bonds. The van der Waals surface area contributed by atoms with Crippen molar-refractivity contribution in [2.24, 2.45) is 4.99 Å². The normalized spacial score (nSPS) is 15.3. The molecule has 2 aromatic rings. The maximum atomic E-state index is 13.3. The number of nitrogens with zero attached hydrogens (tertiary/aromatic N) is 3. The fraction of sp³-hybridized carbons (Fsp3) is 0.368. The molecule has 0 aromatic carbocycles. The van der Waals surface area contributed by atoms with E-state index in [9.17, 15) is 26.4 Å². The van der Waals surface area contributed by atoms with Crippen molar-refractivity contribution in [3.63, 3.8) is 0 Å². The lowest BCUT2D eigenvalue weighted by Gasteiger charge is -2.21. The van der Waals surface area contributed by atoms with Gasteiger partial charge >= 0.3 is 12.3 Å². The van der Waals surface area contributed by atoms with Crippen LogP contribution >= 0.6 is 20.7 Å². The number of carbonyl (C=O) groups excluding carboxylic acids is 1. The van der Waals surface area contributed by atoms with Crippen LogP contribution in [0.25, 0.3) is 11.0 Å². The van der Waals surface area contributed by atoms with Crippen LogP contribution in [0.5, 0.6) is 0 Å². The Kier molecular flexibility index (Phi) is 6.17. The Morgan fingerprint density at radius 1 is 1.23 bits per heavy atom. The predicted molar refractivity (Wildman–Crippen MR) is 121 cm³/mol. The van der Waals surface area contributed by atoms with Gasteiger partial charge in [-0.1, -0.05) is 27.7 Å². The molecule has 0 spiro atoms. The molecule has 0 atom stereocenters. The van der Waals surface area contributed by atoms with Gasteiger partial charge in [-0.25, -0.2) is 22.8 Å². The molecule has 7 nitrogen and oxygen atoms in total. The number of carbonyl (C=O) groups is 1. The maximum absolute atomic E-state index is 13.3. The van der Waals surface area contributed by atoms with Crippen LogP contribution in [0.2, 0.25) is 0 Å². The summed E-state index contributed by atoms with van der Waals surface area (Å²) in [5.41, 5.74) is -2.10. The molecule has 12 heteroatoms. The molecule has 31 heavy (non-hydrogen) atoms. The van der Waals surface area contributed by atoms with Gasteiger partial charge in [-0.3, -0.25) is 4.98 Å². The molecule has 0 N–H and O–H groups in total. The third-order valence-electron chi connectivity index (χ3n) is 4.14. The molecule has 0 saturated heterocycles. The van der Waals surface area contributed by atoms with Crippen molar-refractivity contribution < 1.29 is 31.1 Å². The number of hydrogen-bond acceptors (Lipinski definition) is 6. The zero-order valence-corrected chi connectivity index (χ0v) is 20.0. The lowest BCUT2D eigenvalue weighted by Crippen LogP contribution is -2.30. The van der Waals surface area contributed by atoms with Crippen LogP contribution in [0.15, 0.2) is 32.3 Å². The first-order valence-corrected chi connectivity index (χ1v) is 13.2. The highest BCUT2D eigenvalue weighted by Crippen LogP contribution is 2.33. The Balaban J connectivity index is 2.32. The second-order valence-corrected chi connectivity index (χ2v) is 11.7. The van der Waals surface area contributed by atoms with Crippen LogP contribution in [-0.4, -0.2) is 45.3 Å². The average molecular weight is 569 g/mol. The van der Waals surface area contributed by atoms with Gasteiger partial charge in [0.05, 0.1) is 32.2 Å². The van der Waals surface area contributed by atoms with E-state index in [4.69, 9.17) is 4.74 Å². The quantitative estimate of drug-likeness (QED) is 0.503. The van der Waals surface area contributed by atoms with Crippen LogP contribution in [0.3, 0.4) is 0 Å². The van der Waals surface area contributed by atoms with Gasteiger partial charge in [0, 0.05) is 6.20 Å². The molecule has 0 radical (unpaired) electrons. The number of pyridine rings is 1. The van der Waals surface area contributed by atoms with Crippen LogP contribution in [-0.2, 0) is 20.8 Å². The highest BCUT2D eigenvalue weighted by Gasteiger charge is 2.34. The molecular formula is C19H19F3IN3O4S. The van der Waals surface area contributed by atoms with Gasteiger partial charge in [-0.05, 0) is 37.0 Å². The number of fused-ring (bicyclic) bond motifs is 1. The minimum atomic E-state index is -4.68. The number of halogens is 4. The minimum absolute atomic E-state index is 0.000641. The summed E-state index contributed by atoms with van der Waals surface area (Å²) in [5, 5.41) is 0. The van der Waals surface area contributed by atoms with Crippen molar-refractivity contribution in [1.82, 2.24) is 9.55 Å². The van der Waals surface area contributed by atoms with E-state index >= 15 is 0 Å². The van der Waals surface area contributed by atoms with E-state index in [1.165, 1.54) is 13.0 Å². The summed E-state index contributed by atoms with van der Waals surface area (Å²) in [6, 6.07) is 2.13. The first-order chi connectivity index (χ1) is 14.2. The van der Waals surface area contributed by atoms with Gasteiger partial charge in [0.15, 0.2) is 9.84 Å². The highest BCUT2D eigenvalue weighted by atomic mass is 127. The smallest absolute Gasteiger partial charge is 0.419 e. The summed E-state index contributed by atoms with van der Waals surface area (Å²) in [6.07, 6.45) is -4.98. The van der Waals surface area contributed by atoms with E-state index in [0.717, 1.165) is 10.6 Å². The van der Waals surface area contributed by atoms with Crippen LogP contribution in [0.1, 0.15) is 39.0 Å². The first-order valence-electron chi connectivity index (χ1n) is 9.02. The second-order valence-electron chi connectivity index (χ2n) is 7.55. The monoisotopic (exact) mass is 569 g/mol. The van der Waals surface area contributed by atoms with Gasteiger partial charge in [0.2, 0.25) is 0 Å². The number of rotatable bonds is 3. The van der Waals surface area contributed by atoms with Crippen molar-refractivity contribution >= 4 is 57.5 Å². The number of alkyl halides is 3. The Morgan fingerprint density at radius 2 is 1.90 bits per heavy atom. The summed E-state index contributed by atoms with van der Waals surface area (Å²) >= 11 is -0.754. The Morgan fingerprint density at radius 3 is 2.48 bits per heavy atom. The summed E-state index contributed by atoms with van der Waals surface area (Å²) < 4.78 is 74.4. The van der Waals surface area contributed by atoms with Crippen molar-refractivity contribution in [3.05, 3.63) is 38.6 Å². The molecule has 168 valence electrons. The Labute approximate surface area is 186 Å². The van der Waals surface area contributed by atoms with Gasteiger partial charge < -0.3 is 4.74 Å². The van der Waals surface area contributed by atoms with Crippen LogP contribution < -0.4 is 0 Å². The van der Waals surface area contributed by atoms with Crippen molar-refractivity contribution in [2.45, 2.75) is 39.5 Å². The molecular weight excluding hydrogens is 550 g/mol. The molecule has 0 unspecified atom stereocenters. The van der Waals surface area contributed by atoms with Gasteiger partial charge in [-0.2, -0.15) is 13.2 Å². The number of hydrogen-bond donors (Lipinski definition) is 0. The number of allylic oxidation sites excluding steroid dienone is 1. The fourth-order valence-electron chi connectivity index (χ4n) is 2.75. The molecule has 1 aliphatic heterocycles. The minimum Gasteiger partial charge on any atom is -0.443 e. The topological polar surface area (TPSA) is 90.6 Å². The Hall–Kier alpha value is -2.09. The number of aliphatic imine (C=N–C) groups is 1. The predicted octanol–water partition coefficient (Wildman–Crippen LogP) is 4.65. The van der Waals surface area contributed by atoms with Gasteiger partial charge in [0.25, 0.3) is 0 Å². The zero-order chi connectivity index (χ0) is 23.2. The molecule has 0 saturated carbocycles. The van der Waals surface area contributed by atoms with E-state index in [0.29, 0.717) is 6.20 Å². The van der Waals surface area contributed by atoms with Crippen molar-refractivity contribution in [1.29, 1.82) is 0 Å². The molecule has 0 fully saturated rings.